The number of carbonyl (C=O) groups excluding carboxylic acids is 2. The Kier molecular flexibility index (Phi) is 9.34. The summed E-state index contributed by atoms with van der Waals surface area (Å²) in [6.07, 6.45) is 0. The fourth-order valence-corrected chi connectivity index (χ4v) is 3.05. The molecule has 31 heavy (non-hydrogen) atoms. The summed E-state index contributed by atoms with van der Waals surface area (Å²) in [5.41, 5.74) is 2.00. The summed E-state index contributed by atoms with van der Waals surface area (Å²) < 4.78 is 11.4. The second-order valence-corrected chi connectivity index (χ2v) is 7.90. The van der Waals surface area contributed by atoms with Crippen LogP contribution in [0.3, 0.4) is 0 Å². The Hall–Kier alpha value is -3.06. The average Bonchev–Trinajstić information content (AvgIpc) is 2.72. The highest BCUT2D eigenvalue weighted by atomic mass is 16.5. The summed E-state index contributed by atoms with van der Waals surface area (Å²) in [5, 5.41) is 2.82. The minimum Gasteiger partial charge on any atom is -0.493 e. The number of rotatable bonds is 11. The zero-order valence-corrected chi connectivity index (χ0v) is 19.1. The van der Waals surface area contributed by atoms with Crippen molar-refractivity contribution in [2.45, 2.75) is 33.0 Å². The first-order valence-corrected chi connectivity index (χ1v) is 10.3. The van der Waals surface area contributed by atoms with Gasteiger partial charge in [0.2, 0.25) is 11.8 Å². The number of hydrogen-bond donors (Lipinski definition) is 1. The van der Waals surface area contributed by atoms with Gasteiger partial charge in [0.25, 0.3) is 0 Å². The van der Waals surface area contributed by atoms with Crippen molar-refractivity contribution in [2.24, 2.45) is 0 Å². The van der Waals surface area contributed by atoms with Crippen molar-refractivity contribution < 1.29 is 19.1 Å². The van der Waals surface area contributed by atoms with Gasteiger partial charge in [0.1, 0.15) is 6.61 Å². The van der Waals surface area contributed by atoms with Gasteiger partial charge in [-0.05, 0) is 44.2 Å². The highest BCUT2D eigenvalue weighted by Crippen LogP contribution is 2.29. The molecule has 1 N–H and O–H groups in total. The van der Waals surface area contributed by atoms with Crippen LogP contribution in [-0.4, -0.2) is 62.0 Å². The zero-order chi connectivity index (χ0) is 22.8. The molecule has 2 amide bonds. The maximum absolute atomic E-state index is 12.5. The zero-order valence-electron chi connectivity index (χ0n) is 19.1. The standard InChI is InChI=1S/C24H33N3O4/c1-18(2)25-23(28)15-26(3)16-24(29)27(4)14-20-11-12-21(22(13-20)30-5)31-17-19-9-7-6-8-10-19/h6-13,18H,14-17H2,1-5H3,(H,25,28). The van der Waals surface area contributed by atoms with E-state index in [2.05, 4.69) is 5.32 Å². The molecule has 0 saturated carbocycles. The third-order valence-corrected chi connectivity index (χ3v) is 4.58. The topological polar surface area (TPSA) is 71.1 Å². The lowest BCUT2D eigenvalue weighted by Gasteiger charge is -2.22. The normalized spacial score (nSPS) is 10.8. The molecule has 0 aliphatic rings. The van der Waals surface area contributed by atoms with Crippen LogP contribution in [0.2, 0.25) is 0 Å². The van der Waals surface area contributed by atoms with Crippen LogP contribution in [-0.2, 0) is 22.7 Å². The highest BCUT2D eigenvalue weighted by Gasteiger charge is 2.16. The fraction of sp³-hybridized carbons (Fsp3) is 0.417. The number of nitrogens with one attached hydrogen (secondary N) is 1. The molecule has 0 spiro atoms. The molecule has 0 aliphatic heterocycles. The number of ether oxygens (including phenoxy) is 2. The Bertz CT molecular complexity index is 855. The lowest BCUT2D eigenvalue weighted by Crippen LogP contribution is -2.42. The van der Waals surface area contributed by atoms with Gasteiger partial charge >= 0.3 is 0 Å². The van der Waals surface area contributed by atoms with Crippen molar-refractivity contribution in [2.75, 3.05) is 34.3 Å². The third-order valence-electron chi connectivity index (χ3n) is 4.58. The van der Waals surface area contributed by atoms with Crippen molar-refractivity contribution in [3.05, 3.63) is 59.7 Å². The SMILES string of the molecule is COc1cc(CN(C)C(=O)CN(C)CC(=O)NC(C)C)ccc1OCc1ccccc1. The van der Waals surface area contributed by atoms with Gasteiger partial charge in [-0.2, -0.15) is 0 Å². The van der Waals surface area contributed by atoms with Gasteiger partial charge < -0.3 is 19.7 Å². The smallest absolute Gasteiger partial charge is 0.236 e. The Morgan fingerprint density at radius 1 is 0.968 bits per heavy atom. The predicted molar refractivity (Wildman–Crippen MR) is 121 cm³/mol. The predicted octanol–water partition coefficient (Wildman–Crippen LogP) is 2.69. The molecule has 2 rings (SSSR count). The van der Waals surface area contributed by atoms with Crippen LogP contribution in [0.1, 0.15) is 25.0 Å². The molecule has 2 aromatic rings. The second kappa shape index (κ2) is 12.0. The molecule has 0 fully saturated rings. The van der Waals surface area contributed by atoms with Gasteiger partial charge in [-0.1, -0.05) is 36.4 Å². The number of benzene rings is 2. The van der Waals surface area contributed by atoms with E-state index in [4.69, 9.17) is 9.47 Å². The Morgan fingerprint density at radius 2 is 1.68 bits per heavy atom. The molecule has 0 aliphatic carbocycles. The van der Waals surface area contributed by atoms with E-state index in [0.29, 0.717) is 24.7 Å². The highest BCUT2D eigenvalue weighted by molar-refractivity contribution is 5.81. The third kappa shape index (κ3) is 8.30. The van der Waals surface area contributed by atoms with Gasteiger partial charge in [-0.15, -0.1) is 0 Å². The summed E-state index contributed by atoms with van der Waals surface area (Å²) >= 11 is 0. The first kappa shape index (κ1) is 24.2. The van der Waals surface area contributed by atoms with E-state index in [1.807, 2.05) is 62.4 Å². The molecular formula is C24H33N3O4. The van der Waals surface area contributed by atoms with E-state index >= 15 is 0 Å². The largest absolute Gasteiger partial charge is 0.493 e. The van der Waals surface area contributed by atoms with Crippen molar-refractivity contribution in [3.63, 3.8) is 0 Å². The van der Waals surface area contributed by atoms with E-state index in [-0.39, 0.29) is 30.9 Å². The monoisotopic (exact) mass is 427 g/mol. The van der Waals surface area contributed by atoms with Gasteiger partial charge in [0.05, 0.1) is 20.2 Å². The van der Waals surface area contributed by atoms with E-state index < -0.39 is 0 Å². The van der Waals surface area contributed by atoms with Crippen LogP contribution < -0.4 is 14.8 Å². The van der Waals surface area contributed by atoms with Crippen molar-refractivity contribution in [1.82, 2.24) is 15.1 Å². The summed E-state index contributed by atoms with van der Waals surface area (Å²) in [7, 11) is 5.10. The van der Waals surface area contributed by atoms with Gasteiger partial charge in [0, 0.05) is 19.6 Å². The van der Waals surface area contributed by atoms with Crippen LogP contribution in [0.25, 0.3) is 0 Å². The van der Waals surface area contributed by atoms with Crippen LogP contribution in [0.5, 0.6) is 11.5 Å². The van der Waals surface area contributed by atoms with E-state index in [9.17, 15) is 9.59 Å². The summed E-state index contributed by atoms with van der Waals surface area (Å²) in [5.74, 6) is 1.11. The van der Waals surface area contributed by atoms with Gasteiger partial charge in [-0.25, -0.2) is 0 Å². The molecule has 0 bridgehead atoms. The minimum atomic E-state index is -0.0937. The second-order valence-electron chi connectivity index (χ2n) is 7.90. The summed E-state index contributed by atoms with van der Waals surface area (Å²) in [6.45, 7) is 5.04. The lowest BCUT2D eigenvalue weighted by molar-refractivity contribution is -0.132. The van der Waals surface area contributed by atoms with Crippen molar-refractivity contribution >= 4 is 11.8 Å². The first-order chi connectivity index (χ1) is 14.8. The van der Waals surface area contributed by atoms with Crippen molar-refractivity contribution in [3.8, 4) is 11.5 Å². The van der Waals surface area contributed by atoms with Crippen molar-refractivity contribution in [1.29, 1.82) is 0 Å². The van der Waals surface area contributed by atoms with Crippen LogP contribution in [0, 0.1) is 0 Å². The molecule has 0 saturated heterocycles. The fourth-order valence-electron chi connectivity index (χ4n) is 3.05. The van der Waals surface area contributed by atoms with E-state index in [1.165, 1.54) is 0 Å². The maximum atomic E-state index is 12.5. The molecule has 7 heteroatoms. The quantitative estimate of drug-likeness (QED) is 0.597. The number of amides is 2. The van der Waals surface area contributed by atoms with Crippen LogP contribution in [0.15, 0.2) is 48.5 Å². The number of carbonyl (C=O) groups is 2. The van der Waals surface area contributed by atoms with E-state index in [0.717, 1.165) is 11.1 Å². The van der Waals surface area contributed by atoms with Crippen LogP contribution >= 0.6 is 0 Å². The molecule has 168 valence electrons. The summed E-state index contributed by atoms with van der Waals surface area (Å²) in [6, 6.07) is 15.7. The van der Waals surface area contributed by atoms with E-state index in [1.54, 1.807) is 31.0 Å². The molecule has 7 nitrogen and oxygen atoms in total. The number of likely N-dealkylation sites (N-methyl/N-ethyl adjacent to an activating group) is 2. The number of methoxy groups -OCH3 is 1. The molecule has 0 radical (unpaired) electrons. The molecule has 0 aromatic heterocycles. The Balaban J connectivity index is 1.90. The lowest BCUT2D eigenvalue weighted by atomic mass is 10.2. The maximum Gasteiger partial charge on any atom is 0.236 e. The molecule has 0 unspecified atom stereocenters. The molecular weight excluding hydrogens is 394 g/mol. The first-order valence-electron chi connectivity index (χ1n) is 10.3. The summed E-state index contributed by atoms with van der Waals surface area (Å²) in [4.78, 5) is 27.7. The Labute approximate surface area is 184 Å². The molecule has 0 atom stereocenters. The average molecular weight is 428 g/mol. The number of hydrogen-bond acceptors (Lipinski definition) is 5. The molecule has 2 aromatic carbocycles. The number of nitrogens with zero attached hydrogens (tertiary/aromatic N) is 2. The van der Waals surface area contributed by atoms with Gasteiger partial charge in [-0.3, -0.25) is 14.5 Å². The molecule has 0 heterocycles. The minimum absolute atomic E-state index is 0.0665. The van der Waals surface area contributed by atoms with Gasteiger partial charge in [0.15, 0.2) is 11.5 Å². The Morgan fingerprint density at radius 3 is 2.32 bits per heavy atom. The van der Waals surface area contributed by atoms with Crippen LogP contribution in [0.4, 0.5) is 0 Å².